The predicted molar refractivity (Wildman–Crippen MR) is 138 cm³/mol. The van der Waals surface area contributed by atoms with Crippen LogP contribution in [0.25, 0.3) is 0 Å². The number of hydrogen-bond donors (Lipinski definition) is 3. The van der Waals surface area contributed by atoms with E-state index in [1.54, 1.807) is 6.07 Å². The molecule has 4 rings (SSSR count). The zero-order valence-corrected chi connectivity index (χ0v) is 21.5. The molecule has 38 heavy (non-hydrogen) atoms. The number of hydrogen-bond acceptors (Lipinski definition) is 9. The predicted octanol–water partition coefficient (Wildman–Crippen LogP) is 3.18. The number of nitrogens with zero attached hydrogens (tertiary/aromatic N) is 1. The van der Waals surface area contributed by atoms with Gasteiger partial charge in [-0.2, -0.15) is 0 Å². The first-order valence-electron chi connectivity index (χ1n) is 12.2. The maximum Gasteiger partial charge on any atom is 0.412 e. The standard InChI is InChI=1S/C26H31N3O8S/c27-20-7-4-8-23(16-20)38(32,33)29(37-22-10-13-34-14-11-22)17-24(30)25(15-19-5-2-1-3-6-19)36-26(31)28-21-9-12-35-18-21/h1-9,12,16,18,22,24-25,30H,10-11,13-15,17,27H2,(H,28,31). The Morgan fingerprint density at radius 2 is 1.89 bits per heavy atom. The highest BCUT2D eigenvalue weighted by Gasteiger charge is 2.35. The molecule has 0 saturated carbocycles. The molecule has 1 saturated heterocycles. The van der Waals surface area contributed by atoms with Crippen molar-refractivity contribution in [3.05, 3.63) is 78.8 Å². The molecule has 1 fully saturated rings. The van der Waals surface area contributed by atoms with Gasteiger partial charge < -0.3 is 24.7 Å². The average molecular weight is 546 g/mol. The van der Waals surface area contributed by atoms with Crippen LogP contribution in [0.3, 0.4) is 0 Å². The van der Waals surface area contributed by atoms with Gasteiger partial charge in [0.05, 0.1) is 29.5 Å². The third-order valence-electron chi connectivity index (χ3n) is 5.93. The number of nitrogen functional groups attached to an aromatic ring is 1. The van der Waals surface area contributed by atoms with E-state index in [9.17, 15) is 18.3 Å². The first-order chi connectivity index (χ1) is 18.3. The molecule has 1 aliphatic heterocycles. The Hall–Kier alpha value is -3.42. The first kappa shape index (κ1) is 27.6. The van der Waals surface area contributed by atoms with Crippen LogP contribution in [0.15, 0.2) is 82.5 Å². The monoisotopic (exact) mass is 545 g/mol. The van der Waals surface area contributed by atoms with E-state index < -0.39 is 41.0 Å². The summed E-state index contributed by atoms with van der Waals surface area (Å²) in [7, 11) is -4.23. The van der Waals surface area contributed by atoms with Gasteiger partial charge in [-0.3, -0.25) is 10.2 Å². The van der Waals surface area contributed by atoms with Crippen LogP contribution in [0.5, 0.6) is 0 Å². The number of carbonyl (C=O) groups is 1. The molecule has 2 atom stereocenters. The highest BCUT2D eigenvalue weighted by molar-refractivity contribution is 7.89. The molecule has 1 amide bonds. The second kappa shape index (κ2) is 12.9. The van der Waals surface area contributed by atoms with Gasteiger partial charge in [0, 0.05) is 31.4 Å². The summed E-state index contributed by atoms with van der Waals surface area (Å²) in [5, 5.41) is 13.8. The van der Waals surface area contributed by atoms with Crippen LogP contribution in [-0.2, 0) is 30.8 Å². The molecular weight excluding hydrogens is 514 g/mol. The lowest BCUT2D eigenvalue weighted by molar-refractivity contribution is -0.174. The van der Waals surface area contributed by atoms with Crippen molar-refractivity contribution in [3.63, 3.8) is 0 Å². The topological polar surface area (TPSA) is 154 Å². The minimum atomic E-state index is -4.23. The quantitative estimate of drug-likeness (QED) is 0.243. The molecule has 4 N–H and O–H groups in total. The highest BCUT2D eigenvalue weighted by atomic mass is 32.2. The van der Waals surface area contributed by atoms with Gasteiger partial charge in [0.15, 0.2) is 0 Å². The van der Waals surface area contributed by atoms with Crippen molar-refractivity contribution in [2.24, 2.45) is 0 Å². The summed E-state index contributed by atoms with van der Waals surface area (Å²) in [6.45, 7) is 0.353. The molecular formula is C26H31N3O8S. The molecule has 0 bridgehead atoms. The molecule has 0 radical (unpaired) electrons. The molecule has 1 aliphatic rings. The van der Waals surface area contributed by atoms with Gasteiger partial charge in [0.25, 0.3) is 10.0 Å². The Bertz CT molecular complexity index is 1260. The maximum absolute atomic E-state index is 13.6. The van der Waals surface area contributed by atoms with E-state index >= 15 is 0 Å². The third kappa shape index (κ3) is 7.55. The van der Waals surface area contributed by atoms with Crippen LogP contribution in [-0.4, -0.2) is 62.2 Å². The number of hydroxylamine groups is 1. The zero-order valence-electron chi connectivity index (χ0n) is 20.6. The number of nitrogens with one attached hydrogen (secondary N) is 1. The second-order valence-corrected chi connectivity index (χ2v) is 10.6. The molecule has 2 unspecified atom stereocenters. The smallest absolute Gasteiger partial charge is 0.412 e. The summed E-state index contributed by atoms with van der Waals surface area (Å²) in [5.41, 5.74) is 7.24. The summed E-state index contributed by atoms with van der Waals surface area (Å²) in [6.07, 6.45) is -0.0191. The van der Waals surface area contributed by atoms with Crippen LogP contribution < -0.4 is 11.1 Å². The van der Waals surface area contributed by atoms with Gasteiger partial charge >= 0.3 is 6.09 Å². The molecule has 11 nitrogen and oxygen atoms in total. The summed E-state index contributed by atoms with van der Waals surface area (Å²) < 4.78 is 43.8. The van der Waals surface area contributed by atoms with Crippen LogP contribution in [0.1, 0.15) is 18.4 Å². The SMILES string of the molecule is Nc1cccc(S(=O)(=O)N(CC(O)C(Cc2ccccc2)OC(=O)Nc2ccoc2)OC2CCOCC2)c1. The van der Waals surface area contributed by atoms with Crippen LogP contribution in [0.2, 0.25) is 0 Å². The number of amides is 1. The number of ether oxygens (including phenoxy) is 2. The lowest BCUT2D eigenvalue weighted by Gasteiger charge is -2.32. The normalized spacial score (nSPS) is 16.2. The van der Waals surface area contributed by atoms with Gasteiger partial charge in [-0.25, -0.2) is 13.2 Å². The Morgan fingerprint density at radius 1 is 1.13 bits per heavy atom. The highest BCUT2D eigenvalue weighted by Crippen LogP contribution is 2.24. The molecule has 12 heteroatoms. The van der Waals surface area contributed by atoms with Crippen LogP contribution in [0.4, 0.5) is 16.2 Å². The van der Waals surface area contributed by atoms with Gasteiger partial charge in [0.1, 0.15) is 18.5 Å². The van der Waals surface area contributed by atoms with E-state index in [1.807, 2.05) is 30.3 Å². The van der Waals surface area contributed by atoms with Gasteiger partial charge in [-0.05, 0) is 36.6 Å². The molecule has 3 aromatic rings. The molecule has 2 heterocycles. The molecule has 2 aromatic carbocycles. The molecule has 0 aliphatic carbocycles. The van der Waals surface area contributed by atoms with Crippen LogP contribution in [0, 0.1) is 0 Å². The number of carbonyl (C=O) groups excluding carboxylic acids is 1. The number of sulfonamides is 1. The van der Waals surface area contributed by atoms with Crippen molar-refractivity contribution in [1.29, 1.82) is 0 Å². The van der Waals surface area contributed by atoms with Crippen LogP contribution >= 0.6 is 0 Å². The van der Waals surface area contributed by atoms with Gasteiger partial charge in [-0.15, -0.1) is 0 Å². The minimum absolute atomic E-state index is 0.0880. The van der Waals surface area contributed by atoms with Crippen molar-refractivity contribution in [1.82, 2.24) is 4.47 Å². The number of anilines is 2. The summed E-state index contributed by atoms with van der Waals surface area (Å²) in [6, 6.07) is 16.4. The van der Waals surface area contributed by atoms with Gasteiger partial charge in [0.2, 0.25) is 0 Å². The number of aliphatic hydroxyl groups is 1. The summed E-state index contributed by atoms with van der Waals surface area (Å²) in [5.74, 6) is 0. The van der Waals surface area contributed by atoms with Crippen molar-refractivity contribution in [2.75, 3.05) is 30.8 Å². The lowest BCUT2D eigenvalue weighted by Crippen LogP contribution is -2.46. The van der Waals surface area contributed by atoms with Crippen molar-refractivity contribution < 1.29 is 37.0 Å². The molecule has 0 spiro atoms. The summed E-state index contributed by atoms with van der Waals surface area (Å²) >= 11 is 0. The largest absolute Gasteiger partial charge is 0.470 e. The van der Waals surface area contributed by atoms with Crippen molar-refractivity contribution in [3.8, 4) is 0 Å². The summed E-state index contributed by atoms with van der Waals surface area (Å²) in [4.78, 5) is 18.4. The fourth-order valence-corrected chi connectivity index (χ4v) is 5.29. The number of furan rings is 1. The van der Waals surface area contributed by atoms with Crippen molar-refractivity contribution >= 4 is 27.5 Å². The second-order valence-electron chi connectivity index (χ2n) is 8.82. The van der Waals surface area contributed by atoms with E-state index in [2.05, 4.69) is 5.32 Å². The number of benzene rings is 2. The van der Waals surface area contributed by atoms with E-state index in [-0.39, 0.29) is 17.0 Å². The van der Waals surface area contributed by atoms with Gasteiger partial charge in [-0.1, -0.05) is 40.9 Å². The first-order valence-corrected chi connectivity index (χ1v) is 13.6. The van der Waals surface area contributed by atoms with E-state index in [0.29, 0.717) is 31.7 Å². The lowest BCUT2D eigenvalue weighted by atomic mass is 10.0. The molecule has 1 aromatic heterocycles. The Kier molecular flexibility index (Phi) is 9.37. The Morgan fingerprint density at radius 3 is 2.58 bits per heavy atom. The fourth-order valence-electron chi connectivity index (χ4n) is 3.93. The third-order valence-corrected chi connectivity index (χ3v) is 7.55. The van der Waals surface area contributed by atoms with Crippen molar-refractivity contribution in [2.45, 2.75) is 42.5 Å². The van der Waals surface area contributed by atoms with E-state index in [1.165, 1.54) is 36.8 Å². The minimum Gasteiger partial charge on any atom is -0.470 e. The average Bonchev–Trinajstić information content (AvgIpc) is 3.42. The Labute approximate surface area is 221 Å². The maximum atomic E-state index is 13.6. The molecule has 204 valence electrons. The zero-order chi connectivity index (χ0) is 27.0. The Balaban J connectivity index is 1.57. The number of aliphatic hydroxyl groups excluding tert-OH is 1. The number of nitrogens with two attached hydrogens (primary N) is 1. The fraction of sp³-hybridized carbons (Fsp3) is 0.346. The van der Waals surface area contributed by atoms with E-state index in [4.69, 9.17) is 24.5 Å². The number of rotatable bonds is 11. The van der Waals surface area contributed by atoms with E-state index in [0.717, 1.165) is 10.0 Å².